The number of hydrogen-bond acceptors (Lipinski definition) is 3. The molecule has 1 heterocycles. The molecule has 2 atom stereocenters. The molecule has 0 saturated carbocycles. The molecule has 0 radical (unpaired) electrons. The van der Waals surface area contributed by atoms with Crippen molar-refractivity contribution in [3.63, 3.8) is 0 Å². The van der Waals surface area contributed by atoms with E-state index in [0.717, 1.165) is 5.56 Å². The highest BCUT2D eigenvalue weighted by molar-refractivity contribution is 5.83. The monoisotopic (exact) mass is 286 g/mol. The van der Waals surface area contributed by atoms with Crippen molar-refractivity contribution in [2.45, 2.75) is 18.9 Å². The first kappa shape index (κ1) is 15.3. The van der Waals surface area contributed by atoms with Gasteiger partial charge in [0, 0.05) is 25.4 Å². The third-order valence-electron chi connectivity index (χ3n) is 3.56. The number of benzene rings is 1. The van der Waals surface area contributed by atoms with Crippen LogP contribution in [0.5, 0.6) is 0 Å². The van der Waals surface area contributed by atoms with Crippen molar-refractivity contribution in [1.82, 2.24) is 20.4 Å². The third kappa shape index (κ3) is 3.92. The summed E-state index contributed by atoms with van der Waals surface area (Å²) < 4.78 is 1.69. The molecule has 2 unspecified atom stereocenters. The lowest BCUT2D eigenvalue weighted by molar-refractivity contribution is -0.123. The van der Waals surface area contributed by atoms with Gasteiger partial charge in [0.2, 0.25) is 5.91 Å². The second-order valence-electron chi connectivity index (χ2n) is 5.23. The molecule has 5 heteroatoms. The fourth-order valence-corrected chi connectivity index (χ4v) is 2.29. The Bertz CT molecular complexity index is 579. The summed E-state index contributed by atoms with van der Waals surface area (Å²) in [6, 6.07) is 9.80. The van der Waals surface area contributed by atoms with Crippen molar-refractivity contribution < 1.29 is 4.79 Å². The van der Waals surface area contributed by atoms with E-state index in [1.165, 1.54) is 5.56 Å². The molecule has 21 heavy (non-hydrogen) atoms. The molecule has 0 fully saturated rings. The molecule has 0 aliphatic heterocycles. The molecule has 0 aliphatic carbocycles. The average Bonchev–Trinajstić information content (AvgIpc) is 2.92. The van der Waals surface area contributed by atoms with E-state index in [1.54, 1.807) is 17.9 Å². The molecule has 0 saturated heterocycles. The van der Waals surface area contributed by atoms with E-state index in [1.807, 2.05) is 31.4 Å². The van der Waals surface area contributed by atoms with Gasteiger partial charge < -0.3 is 10.6 Å². The van der Waals surface area contributed by atoms with Crippen LogP contribution in [0, 0.1) is 0 Å². The predicted octanol–water partition coefficient (Wildman–Crippen LogP) is 1.60. The molecule has 2 aromatic rings. The average molecular weight is 286 g/mol. The molecule has 5 nitrogen and oxygen atoms in total. The Balaban J connectivity index is 1.94. The van der Waals surface area contributed by atoms with Crippen molar-refractivity contribution in [2.75, 3.05) is 13.6 Å². The van der Waals surface area contributed by atoms with Crippen LogP contribution in [-0.4, -0.2) is 29.3 Å². The van der Waals surface area contributed by atoms with Crippen LogP contribution in [0.15, 0.2) is 42.7 Å². The highest BCUT2D eigenvalue weighted by Gasteiger charge is 2.20. The standard InChI is InChI=1S/C16H22N4O/c1-12(13-7-5-4-6-8-13)9-18-16(21)15(17-2)14-10-19-20(3)11-14/h4-8,10-12,15,17H,9H2,1-3H3,(H,18,21). The van der Waals surface area contributed by atoms with Gasteiger partial charge in [0.15, 0.2) is 0 Å². The number of nitrogens with one attached hydrogen (secondary N) is 2. The van der Waals surface area contributed by atoms with Crippen molar-refractivity contribution in [3.05, 3.63) is 53.9 Å². The number of aromatic nitrogens is 2. The summed E-state index contributed by atoms with van der Waals surface area (Å²) in [5.41, 5.74) is 2.09. The molecule has 1 aromatic carbocycles. The lowest BCUT2D eigenvalue weighted by Gasteiger charge is -2.17. The maximum atomic E-state index is 12.3. The maximum Gasteiger partial charge on any atom is 0.241 e. The largest absolute Gasteiger partial charge is 0.354 e. The second kappa shape index (κ2) is 7.04. The Morgan fingerprint density at radius 1 is 1.29 bits per heavy atom. The zero-order chi connectivity index (χ0) is 15.2. The molecule has 0 spiro atoms. The second-order valence-corrected chi connectivity index (χ2v) is 5.23. The van der Waals surface area contributed by atoms with E-state index in [0.29, 0.717) is 6.54 Å². The van der Waals surface area contributed by atoms with Crippen LogP contribution in [0.4, 0.5) is 0 Å². The molecule has 0 aliphatic rings. The molecule has 2 N–H and O–H groups in total. The van der Waals surface area contributed by atoms with Crippen molar-refractivity contribution in [1.29, 1.82) is 0 Å². The normalized spacial score (nSPS) is 13.7. The van der Waals surface area contributed by atoms with Gasteiger partial charge >= 0.3 is 0 Å². The molecule has 112 valence electrons. The van der Waals surface area contributed by atoms with E-state index in [2.05, 4.69) is 34.8 Å². The number of rotatable bonds is 6. The van der Waals surface area contributed by atoms with E-state index in [9.17, 15) is 4.79 Å². The van der Waals surface area contributed by atoms with Crippen LogP contribution in [0.2, 0.25) is 0 Å². The summed E-state index contributed by atoms with van der Waals surface area (Å²) >= 11 is 0. The Kier molecular flexibility index (Phi) is 5.11. The number of aryl methyl sites for hydroxylation is 1. The van der Waals surface area contributed by atoms with Gasteiger partial charge in [-0.05, 0) is 18.5 Å². The maximum absolute atomic E-state index is 12.3. The number of likely N-dealkylation sites (N-methyl/N-ethyl adjacent to an activating group) is 1. The number of hydrogen-bond donors (Lipinski definition) is 2. The highest BCUT2D eigenvalue weighted by atomic mass is 16.2. The van der Waals surface area contributed by atoms with Crippen LogP contribution in [0.25, 0.3) is 0 Å². The van der Waals surface area contributed by atoms with E-state index < -0.39 is 0 Å². The Morgan fingerprint density at radius 3 is 2.57 bits per heavy atom. The minimum absolute atomic E-state index is 0.0340. The zero-order valence-corrected chi connectivity index (χ0v) is 12.7. The summed E-state index contributed by atoms with van der Waals surface area (Å²) in [4.78, 5) is 12.3. The Hall–Kier alpha value is -2.14. The minimum Gasteiger partial charge on any atom is -0.354 e. The van der Waals surface area contributed by atoms with Crippen LogP contribution < -0.4 is 10.6 Å². The van der Waals surface area contributed by atoms with Crippen molar-refractivity contribution in [2.24, 2.45) is 7.05 Å². The topological polar surface area (TPSA) is 59.0 Å². The quantitative estimate of drug-likeness (QED) is 0.848. The first-order valence-corrected chi connectivity index (χ1v) is 7.10. The van der Waals surface area contributed by atoms with Gasteiger partial charge in [-0.2, -0.15) is 5.10 Å². The number of carbonyl (C=O) groups is 1. The molecule has 1 amide bonds. The summed E-state index contributed by atoms with van der Waals surface area (Å²) in [5, 5.41) is 10.1. The van der Waals surface area contributed by atoms with Crippen LogP contribution in [0.3, 0.4) is 0 Å². The van der Waals surface area contributed by atoms with Gasteiger partial charge in [-0.15, -0.1) is 0 Å². The van der Waals surface area contributed by atoms with Gasteiger partial charge in [-0.3, -0.25) is 9.48 Å². The fourth-order valence-electron chi connectivity index (χ4n) is 2.29. The Labute approximate surface area is 125 Å². The number of nitrogens with zero attached hydrogens (tertiary/aromatic N) is 2. The predicted molar refractivity (Wildman–Crippen MR) is 82.9 cm³/mol. The summed E-state index contributed by atoms with van der Waals surface area (Å²) in [6.45, 7) is 2.72. The summed E-state index contributed by atoms with van der Waals surface area (Å²) in [5.74, 6) is 0.245. The fraction of sp³-hybridized carbons (Fsp3) is 0.375. The van der Waals surface area contributed by atoms with Gasteiger partial charge in [0.1, 0.15) is 6.04 Å². The van der Waals surface area contributed by atoms with E-state index in [4.69, 9.17) is 0 Å². The Morgan fingerprint density at radius 2 is 2.00 bits per heavy atom. The smallest absolute Gasteiger partial charge is 0.241 e. The molecular formula is C16H22N4O. The first-order chi connectivity index (χ1) is 10.1. The summed E-state index contributed by atoms with van der Waals surface area (Å²) in [6.07, 6.45) is 3.56. The van der Waals surface area contributed by atoms with Gasteiger partial charge in [0.25, 0.3) is 0 Å². The SMILES string of the molecule is CNC(C(=O)NCC(C)c1ccccc1)c1cnn(C)c1. The molecule has 2 rings (SSSR count). The minimum atomic E-state index is -0.373. The molecule has 0 bridgehead atoms. The molecule has 1 aromatic heterocycles. The zero-order valence-electron chi connectivity index (χ0n) is 12.7. The van der Waals surface area contributed by atoms with Crippen molar-refractivity contribution >= 4 is 5.91 Å². The van der Waals surface area contributed by atoms with E-state index >= 15 is 0 Å². The molecular weight excluding hydrogens is 264 g/mol. The third-order valence-corrected chi connectivity index (χ3v) is 3.56. The van der Waals surface area contributed by atoms with E-state index in [-0.39, 0.29) is 17.9 Å². The number of carbonyl (C=O) groups excluding carboxylic acids is 1. The van der Waals surface area contributed by atoms with Gasteiger partial charge in [0.05, 0.1) is 6.20 Å². The highest BCUT2D eigenvalue weighted by Crippen LogP contribution is 2.15. The van der Waals surface area contributed by atoms with Crippen LogP contribution in [-0.2, 0) is 11.8 Å². The lowest BCUT2D eigenvalue weighted by Crippen LogP contribution is -2.37. The van der Waals surface area contributed by atoms with Gasteiger partial charge in [-0.25, -0.2) is 0 Å². The van der Waals surface area contributed by atoms with Crippen molar-refractivity contribution in [3.8, 4) is 0 Å². The number of amides is 1. The van der Waals surface area contributed by atoms with Crippen LogP contribution in [0.1, 0.15) is 30.0 Å². The van der Waals surface area contributed by atoms with Crippen LogP contribution >= 0.6 is 0 Å². The van der Waals surface area contributed by atoms with Gasteiger partial charge in [-0.1, -0.05) is 37.3 Å². The summed E-state index contributed by atoms with van der Waals surface area (Å²) in [7, 11) is 3.61. The first-order valence-electron chi connectivity index (χ1n) is 7.10. The lowest BCUT2D eigenvalue weighted by atomic mass is 10.0.